The molecular formula is C20H31N5O3S. The van der Waals surface area contributed by atoms with Gasteiger partial charge in [0, 0.05) is 38.7 Å². The molecule has 3 heterocycles. The van der Waals surface area contributed by atoms with Crippen molar-refractivity contribution in [2.75, 3.05) is 33.9 Å². The molecule has 9 heteroatoms. The van der Waals surface area contributed by atoms with Crippen LogP contribution in [0.25, 0.3) is 10.2 Å². The van der Waals surface area contributed by atoms with Crippen molar-refractivity contribution in [3.8, 4) is 0 Å². The number of fused-ring (bicyclic) bond motifs is 1. The van der Waals surface area contributed by atoms with Crippen LogP contribution in [0.2, 0.25) is 0 Å². The summed E-state index contributed by atoms with van der Waals surface area (Å²) in [6.07, 6.45) is 0. The number of nitrogens with one attached hydrogen (secondary N) is 1. The van der Waals surface area contributed by atoms with Gasteiger partial charge in [0.05, 0.1) is 25.1 Å². The van der Waals surface area contributed by atoms with Crippen LogP contribution in [0, 0.1) is 12.3 Å². The van der Waals surface area contributed by atoms with Crippen LogP contribution in [-0.2, 0) is 24.4 Å². The second-order valence-electron chi connectivity index (χ2n) is 8.60. The molecule has 2 aromatic rings. The molecule has 1 fully saturated rings. The highest BCUT2D eigenvalue weighted by Gasteiger charge is 2.25. The molecule has 1 saturated heterocycles. The van der Waals surface area contributed by atoms with Gasteiger partial charge >= 0.3 is 5.69 Å². The molecule has 0 amide bonds. The lowest BCUT2D eigenvalue weighted by Crippen LogP contribution is -2.42. The largest absolute Gasteiger partial charge is 0.383 e. The highest BCUT2D eigenvalue weighted by molar-refractivity contribution is 7.18. The fraction of sp³-hybridized carbons (Fsp3) is 0.650. The highest BCUT2D eigenvalue weighted by atomic mass is 32.1. The van der Waals surface area contributed by atoms with Crippen molar-refractivity contribution in [2.24, 2.45) is 10.4 Å². The summed E-state index contributed by atoms with van der Waals surface area (Å²) in [5.41, 5.74) is 0.306. The second-order valence-corrected chi connectivity index (χ2v) is 9.69. The number of nitrogens with zero attached hydrogens (tertiary/aromatic N) is 4. The van der Waals surface area contributed by atoms with Crippen molar-refractivity contribution >= 4 is 27.5 Å². The summed E-state index contributed by atoms with van der Waals surface area (Å²) in [5.74, 6) is 0.865. The van der Waals surface area contributed by atoms with Gasteiger partial charge in [0.2, 0.25) is 0 Å². The molecule has 0 aliphatic carbocycles. The van der Waals surface area contributed by atoms with Gasteiger partial charge in [-0.2, -0.15) is 0 Å². The van der Waals surface area contributed by atoms with Crippen molar-refractivity contribution in [2.45, 2.75) is 47.3 Å². The minimum atomic E-state index is -0.263. The molecule has 0 atom stereocenters. The third-order valence-corrected chi connectivity index (χ3v) is 6.35. The van der Waals surface area contributed by atoms with E-state index < -0.39 is 0 Å². The Morgan fingerprint density at radius 3 is 2.59 bits per heavy atom. The number of methoxy groups -OCH3 is 1. The Morgan fingerprint density at radius 1 is 1.24 bits per heavy atom. The minimum Gasteiger partial charge on any atom is -0.383 e. The third-order valence-electron chi connectivity index (χ3n) is 5.06. The van der Waals surface area contributed by atoms with Crippen LogP contribution >= 0.6 is 11.3 Å². The molecule has 1 aliphatic heterocycles. The number of aryl methyl sites for hydroxylation is 1. The summed E-state index contributed by atoms with van der Waals surface area (Å²) in [6, 6.07) is 0. The topological polar surface area (TPSA) is 80.9 Å². The van der Waals surface area contributed by atoms with E-state index in [1.165, 1.54) is 15.9 Å². The van der Waals surface area contributed by atoms with Gasteiger partial charge in [-0.25, -0.2) is 4.79 Å². The van der Waals surface area contributed by atoms with E-state index in [0.717, 1.165) is 34.3 Å². The smallest absolute Gasteiger partial charge is 0.332 e. The fourth-order valence-corrected chi connectivity index (χ4v) is 4.98. The zero-order chi connectivity index (χ0) is 21.3. The molecule has 2 aromatic heterocycles. The van der Waals surface area contributed by atoms with Gasteiger partial charge in [-0.15, -0.1) is 11.3 Å². The van der Waals surface area contributed by atoms with E-state index in [1.54, 1.807) is 18.7 Å². The van der Waals surface area contributed by atoms with E-state index >= 15 is 0 Å². The molecule has 29 heavy (non-hydrogen) atoms. The minimum absolute atomic E-state index is 0.184. The fourth-order valence-electron chi connectivity index (χ4n) is 3.65. The Labute approximate surface area is 174 Å². The van der Waals surface area contributed by atoms with Crippen molar-refractivity contribution in [3.05, 3.63) is 31.3 Å². The Bertz CT molecular complexity index is 1040. The second kappa shape index (κ2) is 8.31. The van der Waals surface area contributed by atoms with Crippen LogP contribution in [0.4, 0.5) is 0 Å². The molecule has 0 aromatic carbocycles. The van der Waals surface area contributed by atoms with Gasteiger partial charge in [-0.3, -0.25) is 18.9 Å². The molecule has 1 N–H and O–H groups in total. The van der Waals surface area contributed by atoms with E-state index in [2.05, 4.69) is 15.2 Å². The van der Waals surface area contributed by atoms with Crippen LogP contribution < -0.4 is 16.6 Å². The summed E-state index contributed by atoms with van der Waals surface area (Å²) in [7, 11) is 3.39. The van der Waals surface area contributed by atoms with E-state index in [-0.39, 0.29) is 16.7 Å². The predicted molar refractivity (Wildman–Crippen MR) is 118 cm³/mol. The SMILES string of the molecule is CN=C1NCCN1Cc1sc2c(c1C)c(=O)n(CC(C)(C)C)c(=O)n2CCOC. The van der Waals surface area contributed by atoms with Crippen molar-refractivity contribution in [1.29, 1.82) is 0 Å². The van der Waals surface area contributed by atoms with Crippen LogP contribution in [0.3, 0.4) is 0 Å². The van der Waals surface area contributed by atoms with Crippen molar-refractivity contribution in [3.63, 3.8) is 0 Å². The zero-order valence-electron chi connectivity index (χ0n) is 18.2. The first-order chi connectivity index (χ1) is 13.7. The first kappa shape index (κ1) is 21.6. The predicted octanol–water partition coefficient (Wildman–Crippen LogP) is 1.62. The molecule has 160 valence electrons. The number of aromatic nitrogens is 2. The number of thiophene rings is 1. The van der Waals surface area contributed by atoms with Crippen LogP contribution in [0.1, 0.15) is 31.2 Å². The number of ether oxygens (including phenoxy) is 1. The molecule has 3 rings (SSSR count). The Kier molecular flexibility index (Phi) is 6.19. The molecule has 0 saturated carbocycles. The first-order valence-corrected chi connectivity index (χ1v) is 10.7. The maximum Gasteiger partial charge on any atom is 0.332 e. The van der Waals surface area contributed by atoms with E-state index in [1.807, 2.05) is 27.7 Å². The number of guanidine groups is 1. The molecule has 0 radical (unpaired) electrons. The molecular weight excluding hydrogens is 390 g/mol. The van der Waals surface area contributed by atoms with E-state index in [9.17, 15) is 9.59 Å². The van der Waals surface area contributed by atoms with E-state index in [4.69, 9.17) is 4.74 Å². The third kappa shape index (κ3) is 4.25. The van der Waals surface area contributed by atoms with Gasteiger partial charge in [-0.05, 0) is 17.9 Å². The van der Waals surface area contributed by atoms with Gasteiger partial charge in [0.15, 0.2) is 5.96 Å². The number of aliphatic imine (C=N–C) groups is 1. The molecule has 0 spiro atoms. The maximum absolute atomic E-state index is 13.3. The summed E-state index contributed by atoms with van der Waals surface area (Å²) in [5, 5.41) is 3.91. The van der Waals surface area contributed by atoms with Crippen LogP contribution in [0.15, 0.2) is 14.6 Å². The summed E-state index contributed by atoms with van der Waals surface area (Å²) < 4.78 is 8.30. The molecule has 8 nitrogen and oxygen atoms in total. The van der Waals surface area contributed by atoms with Gasteiger partial charge < -0.3 is 15.0 Å². The number of hydrogen-bond acceptors (Lipinski definition) is 5. The standard InChI is InChI=1S/C20H31N5O3S/c1-13-14(11-23-8-7-22-18(23)21-5)29-17-15(13)16(26)25(12-20(2,3)4)19(27)24(17)9-10-28-6/h7-12H2,1-6H3,(H,21,22). The Balaban J connectivity index is 2.18. The average Bonchev–Trinajstić information content (AvgIpc) is 3.23. The Morgan fingerprint density at radius 2 is 1.97 bits per heavy atom. The number of hydrogen-bond donors (Lipinski definition) is 1. The van der Waals surface area contributed by atoms with Crippen molar-refractivity contribution in [1.82, 2.24) is 19.4 Å². The van der Waals surface area contributed by atoms with Gasteiger partial charge in [0.25, 0.3) is 5.56 Å². The lowest BCUT2D eigenvalue weighted by Gasteiger charge is -2.20. The van der Waals surface area contributed by atoms with Gasteiger partial charge in [-0.1, -0.05) is 20.8 Å². The lowest BCUT2D eigenvalue weighted by atomic mass is 9.97. The van der Waals surface area contributed by atoms with E-state index in [0.29, 0.717) is 31.6 Å². The normalized spacial score (nSPS) is 16.2. The highest BCUT2D eigenvalue weighted by Crippen LogP contribution is 2.29. The summed E-state index contributed by atoms with van der Waals surface area (Å²) in [6.45, 7) is 11.7. The van der Waals surface area contributed by atoms with Crippen LogP contribution in [0.5, 0.6) is 0 Å². The van der Waals surface area contributed by atoms with Crippen molar-refractivity contribution < 1.29 is 4.74 Å². The summed E-state index contributed by atoms with van der Waals surface area (Å²) >= 11 is 1.52. The lowest BCUT2D eigenvalue weighted by molar-refractivity contribution is 0.186. The Hall–Kier alpha value is -2.13. The molecule has 0 unspecified atom stereocenters. The summed E-state index contributed by atoms with van der Waals surface area (Å²) in [4.78, 5) is 34.8. The maximum atomic E-state index is 13.3. The molecule has 0 bridgehead atoms. The first-order valence-electron chi connectivity index (χ1n) is 9.88. The molecule has 1 aliphatic rings. The van der Waals surface area contributed by atoms with Crippen LogP contribution in [-0.4, -0.2) is 53.8 Å². The zero-order valence-corrected chi connectivity index (χ0v) is 19.0. The quantitative estimate of drug-likeness (QED) is 0.767. The monoisotopic (exact) mass is 421 g/mol. The average molecular weight is 422 g/mol. The van der Waals surface area contributed by atoms with Gasteiger partial charge in [0.1, 0.15) is 4.83 Å². The number of rotatable bonds is 6.